The van der Waals surface area contributed by atoms with Gasteiger partial charge in [0.05, 0.1) is 24.1 Å². The van der Waals surface area contributed by atoms with Crippen molar-refractivity contribution >= 4 is 5.78 Å². The van der Waals surface area contributed by atoms with Crippen molar-refractivity contribution in [2.24, 2.45) is 0 Å². The fraction of sp³-hybridized carbons (Fsp3) is 0.462. The number of hydrogen-bond donors (Lipinski definition) is 5. The maximum Gasteiger partial charge on any atom is 0.165 e. The zero-order valence-corrected chi connectivity index (χ0v) is 12.0. The summed E-state index contributed by atoms with van der Waals surface area (Å²) in [6.45, 7) is 2.26. The van der Waals surface area contributed by atoms with Gasteiger partial charge in [0.25, 0.3) is 0 Å². The molecule has 9 heteroatoms. The van der Waals surface area contributed by atoms with Crippen LogP contribution in [0, 0.1) is 6.92 Å². The van der Waals surface area contributed by atoms with E-state index in [1.165, 1.54) is 13.1 Å². The van der Waals surface area contributed by atoms with Crippen molar-refractivity contribution in [3.05, 3.63) is 23.2 Å². The summed E-state index contributed by atoms with van der Waals surface area (Å²) in [7, 11) is 0. The Hall–Kier alpha value is -2.07. The highest BCUT2D eigenvalue weighted by atomic mass is 16.5. The van der Waals surface area contributed by atoms with Gasteiger partial charge in [-0.05, 0) is 13.8 Å². The van der Waals surface area contributed by atoms with E-state index in [2.05, 4.69) is 15.1 Å². The van der Waals surface area contributed by atoms with E-state index in [4.69, 9.17) is 9.63 Å². The quantitative estimate of drug-likeness (QED) is 0.440. The van der Waals surface area contributed by atoms with Gasteiger partial charge in [-0.3, -0.25) is 4.79 Å². The van der Waals surface area contributed by atoms with Crippen molar-refractivity contribution in [3.8, 4) is 11.5 Å². The second-order valence-corrected chi connectivity index (χ2v) is 4.89. The van der Waals surface area contributed by atoms with Crippen LogP contribution in [0.15, 0.2) is 10.7 Å². The van der Waals surface area contributed by atoms with Crippen LogP contribution in [0.25, 0.3) is 11.5 Å². The summed E-state index contributed by atoms with van der Waals surface area (Å²) >= 11 is 0. The van der Waals surface area contributed by atoms with Crippen molar-refractivity contribution in [1.29, 1.82) is 0 Å². The molecule has 0 aromatic carbocycles. The maximum atomic E-state index is 11.6. The first-order chi connectivity index (χ1) is 10.4. The Kier molecular flexibility index (Phi) is 4.71. The molecule has 0 saturated heterocycles. The maximum absolute atomic E-state index is 11.6. The first kappa shape index (κ1) is 16.3. The number of carbonyl (C=O) groups is 1. The van der Waals surface area contributed by atoms with Gasteiger partial charge in [0.15, 0.2) is 17.3 Å². The standard InChI is InChI=1S/C13H17N3O6/c1-5(18)9-6(2)22-16-10(9)13-14-3-7(15-13)11(20)12(21)8(19)4-17/h3,8,11-12,17,19-21H,4H2,1-2H3,(H,14,15)/t8-,11-,12-/m1/s1. The molecule has 2 heterocycles. The third-order valence-electron chi connectivity index (χ3n) is 3.26. The molecule has 0 aliphatic rings. The van der Waals surface area contributed by atoms with E-state index in [-0.39, 0.29) is 28.6 Å². The monoisotopic (exact) mass is 311 g/mol. The highest BCUT2D eigenvalue weighted by Gasteiger charge is 2.28. The number of ketones is 1. The average Bonchev–Trinajstić information content (AvgIpc) is 3.10. The molecule has 22 heavy (non-hydrogen) atoms. The zero-order valence-electron chi connectivity index (χ0n) is 12.0. The van der Waals surface area contributed by atoms with Gasteiger partial charge in [-0.15, -0.1) is 0 Å². The normalized spacial score (nSPS) is 15.5. The first-order valence-corrected chi connectivity index (χ1v) is 6.54. The van der Waals surface area contributed by atoms with Crippen molar-refractivity contribution in [2.75, 3.05) is 6.61 Å². The lowest BCUT2D eigenvalue weighted by atomic mass is 10.1. The number of aromatic nitrogens is 3. The Bertz CT molecular complexity index is 665. The number of aromatic amines is 1. The van der Waals surface area contributed by atoms with E-state index >= 15 is 0 Å². The van der Waals surface area contributed by atoms with Gasteiger partial charge < -0.3 is 29.9 Å². The van der Waals surface area contributed by atoms with Gasteiger partial charge in [0.1, 0.15) is 24.1 Å². The lowest BCUT2D eigenvalue weighted by molar-refractivity contribution is -0.0788. The predicted octanol–water partition coefficient (Wildman–Crippen LogP) is -0.677. The predicted molar refractivity (Wildman–Crippen MR) is 72.9 cm³/mol. The van der Waals surface area contributed by atoms with Gasteiger partial charge in [-0.1, -0.05) is 5.16 Å². The summed E-state index contributed by atoms with van der Waals surface area (Å²) in [4.78, 5) is 18.3. The van der Waals surface area contributed by atoms with Crippen LogP contribution in [-0.4, -0.2) is 60.1 Å². The van der Waals surface area contributed by atoms with Crippen LogP contribution in [0.2, 0.25) is 0 Å². The van der Waals surface area contributed by atoms with Crippen molar-refractivity contribution in [3.63, 3.8) is 0 Å². The Morgan fingerprint density at radius 1 is 1.41 bits per heavy atom. The first-order valence-electron chi connectivity index (χ1n) is 6.54. The number of aliphatic hydroxyl groups is 4. The summed E-state index contributed by atoms with van der Waals surface area (Å²) < 4.78 is 4.97. The van der Waals surface area contributed by atoms with Crippen molar-refractivity contribution in [1.82, 2.24) is 15.1 Å². The molecule has 2 rings (SSSR count). The molecule has 0 bridgehead atoms. The van der Waals surface area contributed by atoms with Gasteiger partial charge in [-0.2, -0.15) is 0 Å². The van der Waals surface area contributed by atoms with E-state index in [1.807, 2.05) is 0 Å². The molecule has 0 fully saturated rings. The number of nitrogens with zero attached hydrogens (tertiary/aromatic N) is 2. The van der Waals surface area contributed by atoms with Crippen LogP contribution in [0.3, 0.4) is 0 Å². The van der Waals surface area contributed by atoms with Crippen LogP contribution in [0.1, 0.15) is 34.8 Å². The SMILES string of the molecule is CC(=O)c1c(-c2ncc([C@@H](O)[C@H](O)[C@H](O)CO)[nH]2)noc1C. The second-order valence-electron chi connectivity index (χ2n) is 4.89. The minimum absolute atomic E-state index is 0.102. The minimum atomic E-state index is -1.59. The Morgan fingerprint density at radius 3 is 2.68 bits per heavy atom. The molecular formula is C13H17N3O6. The van der Waals surface area contributed by atoms with Gasteiger partial charge in [0.2, 0.25) is 0 Å². The number of carbonyl (C=O) groups excluding carboxylic acids is 1. The highest BCUT2D eigenvalue weighted by Crippen LogP contribution is 2.25. The van der Waals surface area contributed by atoms with E-state index < -0.39 is 24.9 Å². The fourth-order valence-corrected chi connectivity index (χ4v) is 2.06. The largest absolute Gasteiger partial charge is 0.394 e. The summed E-state index contributed by atoms with van der Waals surface area (Å²) in [5.74, 6) is 0.279. The molecule has 0 saturated carbocycles. The molecule has 0 aliphatic carbocycles. The number of rotatable bonds is 6. The van der Waals surface area contributed by atoms with Crippen LogP contribution >= 0.6 is 0 Å². The molecule has 2 aromatic heterocycles. The van der Waals surface area contributed by atoms with Crippen LogP contribution < -0.4 is 0 Å². The molecule has 0 radical (unpaired) electrons. The van der Waals surface area contributed by atoms with Gasteiger partial charge >= 0.3 is 0 Å². The molecule has 0 amide bonds. The second kappa shape index (κ2) is 6.36. The fourth-order valence-electron chi connectivity index (χ4n) is 2.06. The zero-order chi connectivity index (χ0) is 16.4. The number of Topliss-reactive ketones (excluding diaryl/α,β-unsaturated/α-hetero) is 1. The number of H-pyrrole nitrogens is 1. The molecular weight excluding hydrogens is 294 g/mol. The third-order valence-corrected chi connectivity index (χ3v) is 3.26. The Morgan fingerprint density at radius 2 is 2.09 bits per heavy atom. The molecule has 0 aliphatic heterocycles. The summed E-state index contributed by atoms with van der Waals surface area (Å²) in [5.41, 5.74) is 0.567. The molecule has 120 valence electrons. The van der Waals surface area contributed by atoms with Crippen LogP contribution in [0.5, 0.6) is 0 Å². The van der Waals surface area contributed by atoms with Crippen molar-refractivity contribution < 1.29 is 29.7 Å². The van der Waals surface area contributed by atoms with E-state index in [0.717, 1.165) is 0 Å². The number of aryl methyl sites for hydroxylation is 1. The van der Waals surface area contributed by atoms with E-state index in [1.54, 1.807) is 6.92 Å². The molecule has 5 N–H and O–H groups in total. The number of imidazole rings is 1. The van der Waals surface area contributed by atoms with Gasteiger partial charge in [0, 0.05) is 0 Å². The summed E-state index contributed by atoms with van der Waals surface area (Å²) in [5, 5.41) is 41.5. The lowest BCUT2D eigenvalue weighted by Crippen LogP contribution is -2.34. The lowest BCUT2D eigenvalue weighted by Gasteiger charge is -2.20. The number of aliphatic hydroxyl groups excluding tert-OH is 4. The molecule has 0 unspecified atom stereocenters. The molecule has 0 spiro atoms. The van der Waals surface area contributed by atoms with E-state index in [9.17, 15) is 20.1 Å². The Labute approximate surface area is 125 Å². The topological polar surface area (TPSA) is 153 Å². The van der Waals surface area contributed by atoms with Crippen LogP contribution in [-0.2, 0) is 0 Å². The Balaban J connectivity index is 2.31. The van der Waals surface area contributed by atoms with Crippen LogP contribution in [0.4, 0.5) is 0 Å². The molecule has 3 atom stereocenters. The van der Waals surface area contributed by atoms with Gasteiger partial charge in [-0.25, -0.2) is 4.98 Å². The minimum Gasteiger partial charge on any atom is -0.394 e. The molecule has 9 nitrogen and oxygen atoms in total. The highest BCUT2D eigenvalue weighted by molar-refractivity contribution is 6.00. The van der Waals surface area contributed by atoms with Crippen molar-refractivity contribution in [2.45, 2.75) is 32.2 Å². The number of hydrogen-bond acceptors (Lipinski definition) is 8. The summed E-state index contributed by atoms with van der Waals surface area (Å²) in [6, 6.07) is 0. The molecule has 2 aromatic rings. The third kappa shape index (κ3) is 2.92. The smallest absolute Gasteiger partial charge is 0.165 e. The summed E-state index contributed by atoms with van der Waals surface area (Å²) in [6.07, 6.45) is -3.34. The average molecular weight is 311 g/mol. The van der Waals surface area contributed by atoms with E-state index in [0.29, 0.717) is 5.76 Å². The number of nitrogens with one attached hydrogen (secondary N) is 1.